The first-order chi connectivity index (χ1) is 6.67. The van der Waals surface area contributed by atoms with Crippen molar-refractivity contribution in [2.45, 2.75) is 46.0 Å². The third kappa shape index (κ3) is 2.85. The normalized spacial score (nSPS) is 22.1. The Hall–Kier alpha value is 0.943. The Bertz CT molecular complexity index is 286. The molecule has 16 heavy (non-hydrogen) atoms. The van der Waals surface area contributed by atoms with Crippen molar-refractivity contribution in [3.63, 3.8) is 0 Å². The molecule has 0 heterocycles. The Balaban J connectivity index is 0.00000112. The molecule has 0 aromatic heterocycles. The maximum atomic E-state index is 2.43. The summed E-state index contributed by atoms with van der Waals surface area (Å²) in [4.78, 5) is 0. The van der Waals surface area contributed by atoms with Crippen LogP contribution in [0.15, 0.2) is 21.0 Å². The molecule has 0 atom stereocenters. The van der Waals surface area contributed by atoms with E-state index in [1.807, 2.05) is 0 Å². The summed E-state index contributed by atoms with van der Waals surface area (Å²) in [7, 11) is 0. The standard InChI is InChI=1S/C13H19.2ClH.Zr/c1-11(2)13(9-5-6-10-13)12-7-3-4-8-12;;;/h3,7,11H,4-6,9-10H2,1-2H3;2*1H;. The summed E-state index contributed by atoms with van der Waals surface area (Å²) in [5.41, 5.74) is 2.29. The van der Waals surface area contributed by atoms with Gasteiger partial charge in [-0.3, -0.25) is 0 Å². The van der Waals surface area contributed by atoms with E-state index in [0.29, 0.717) is 5.41 Å². The van der Waals surface area contributed by atoms with E-state index in [1.165, 1.54) is 32.1 Å². The summed E-state index contributed by atoms with van der Waals surface area (Å²) in [6.07, 6.45) is 11.8. The van der Waals surface area contributed by atoms with Crippen LogP contribution >= 0.6 is 24.8 Å². The van der Waals surface area contributed by atoms with Crippen LogP contribution in [0.3, 0.4) is 0 Å². The molecule has 0 radical (unpaired) electrons. The molecule has 1 fully saturated rings. The number of rotatable bonds is 2. The van der Waals surface area contributed by atoms with Crippen LogP contribution in [-0.2, 0) is 24.7 Å². The van der Waals surface area contributed by atoms with E-state index >= 15 is 0 Å². The van der Waals surface area contributed by atoms with Gasteiger partial charge in [0.05, 0.1) is 0 Å². The summed E-state index contributed by atoms with van der Waals surface area (Å²) < 4.78 is 1.72. The van der Waals surface area contributed by atoms with E-state index in [9.17, 15) is 0 Å². The molecule has 2 rings (SSSR count). The first-order valence-corrected chi connectivity index (χ1v) is 7.01. The second-order valence-corrected chi connectivity index (χ2v) is 6.50. The Labute approximate surface area is 127 Å². The monoisotopic (exact) mass is 337 g/mol. The largest absolute Gasteiger partial charge is 0.147 e. The fraction of sp³-hybridized carbons (Fsp3) is 0.692. The van der Waals surface area contributed by atoms with Crippen LogP contribution in [0.4, 0.5) is 0 Å². The predicted octanol–water partition coefficient (Wildman–Crippen LogP) is 4.81. The third-order valence-electron chi connectivity index (χ3n) is 4.07. The Morgan fingerprint density at radius 2 is 1.75 bits per heavy atom. The van der Waals surface area contributed by atoms with Crippen LogP contribution in [0.5, 0.6) is 0 Å². The van der Waals surface area contributed by atoms with Crippen molar-refractivity contribution in [1.82, 2.24) is 0 Å². The minimum absolute atomic E-state index is 0. The summed E-state index contributed by atoms with van der Waals surface area (Å²) in [5, 5.41) is 0. The van der Waals surface area contributed by atoms with Gasteiger partial charge in [-0.05, 0) is 0 Å². The van der Waals surface area contributed by atoms with Crippen molar-refractivity contribution in [2.75, 3.05) is 0 Å². The average molecular weight is 339 g/mol. The first kappa shape index (κ1) is 16.9. The van der Waals surface area contributed by atoms with Crippen molar-refractivity contribution in [2.24, 2.45) is 11.3 Å². The van der Waals surface area contributed by atoms with Gasteiger partial charge >= 0.3 is 103 Å². The van der Waals surface area contributed by atoms with Crippen molar-refractivity contribution in [3.8, 4) is 0 Å². The Kier molecular flexibility index (Phi) is 7.16. The minimum Gasteiger partial charge on any atom is -0.147 e. The van der Waals surface area contributed by atoms with Gasteiger partial charge in [0.1, 0.15) is 0 Å². The fourth-order valence-corrected chi connectivity index (χ4v) is 4.24. The van der Waals surface area contributed by atoms with E-state index in [-0.39, 0.29) is 24.8 Å². The van der Waals surface area contributed by atoms with Gasteiger partial charge in [0.25, 0.3) is 0 Å². The quantitative estimate of drug-likeness (QED) is 0.677. The predicted molar refractivity (Wildman–Crippen MR) is 71.0 cm³/mol. The zero-order valence-corrected chi connectivity index (χ0v) is 14.2. The average Bonchev–Trinajstić information content (AvgIpc) is 2.72. The van der Waals surface area contributed by atoms with E-state index in [1.54, 1.807) is 33.6 Å². The summed E-state index contributed by atoms with van der Waals surface area (Å²) in [6, 6.07) is 0. The van der Waals surface area contributed by atoms with Crippen LogP contribution in [0, 0.1) is 11.3 Å². The summed E-state index contributed by atoms with van der Waals surface area (Å²) >= 11 is 1.64. The van der Waals surface area contributed by atoms with Gasteiger partial charge in [0, 0.05) is 0 Å². The van der Waals surface area contributed by atoms with Crippen LogP contribution in [0.2, 0.25) is 0 Å². The van der Waals surface area contributed by atoms with Crippen LogP contribution in [0.1, 0.15) is 46.0 Å². The van der Waals surface area contributed by atoms with Crippen LogP contribution in [-0.4, -0.2) is 0 Å². The molecule has 0 saturated heterocycles. The van der Waals surface area contributed by atoms with E-state index in [2.05, 4.69) is 26.0 Å². The minimum atomic E-state index is 0. The maximum absolute atomic E-state index is 2.43. The van der Waals surface area contributed by atoms with Gasteiger partial charge in [-0.2, -0.15) is 0 Å². The SMILES string of the molecule is CC(C)C1(C2=[C]([Zr])CC=C2)CCCC1.Cl.Cl. The molecule has 0 amide bonds. The molecular formula is C13H21Cl2Zr. The van der Waals surface area contributed by atoms with Gasteiger partial charge in [-0.1, -0.05) is 0 Å². The molecule has 91 valence electrons. The fourth-order valence-electron chi connectivity index (χ4n) is 3.14. The third-order valence-corrected chi connectivity index (χ3v) is 5.23. The molecule has 0 N–H and O–H groups in total. The second-order valence-electron chi connectivity index (χ2n) is 5.02. The van der Waals surface area contributed by atoms with Crippen molar-refractivity contribution < 1.29 is 24.7 Å². The molecule has 2 aliphatic rings. The van der Waals surface area contributed by atoms with Crippen LogP contribution < -0.4 is 0 Å². The van der Waals surface area contributed by atoms with Gasteiger partial charge < -0.3 is 0 Å². The first-order valence-electron chi connectivity index (χ1n) is 5.78. The van der Waals surface area contributed by atoms with E-state index in [0.717, 1.165) is 5.92 Å². The topological polar surface area (TPSA) is 0 Å². The molecule has 3 heteroatoms. The smallest absolute Gasteiger partial charge is 0.147 e. The summed E-state index contributed by atoms with van der Waals surface area (Å²) in [5.74, 6) is 0.818. The summed E-state index contributed by atoms with van der Waals surface area (Å²) in [6.45, 7) is 4.82. The number of halogens is 2. The Morgan fingerprint density at radius 3 is 2.12 bits per heavy atom. The molecule has 0 spiro atoms. The number of allylic oxidation sites excluding steroid dienone is 4. The van der Waals surface area contributed by atoms with Gasteiger partial charge in [-0.15, -0.1) is 24.8 Å². The molecule has 0 nitrogen and oxygen atoms in total. The van der Waals surface area contributed by atoms with Crippen molar-refractivity contribution in [1.29, 1.82) is 0 Å². The molecule has 0 aromatic carbocycles. The molecule has 0 bridgehead atoms. The molecule has 0 aliphatic heterocycles. The van der Waals surface area contributed by atoms with E-state index < -0.39 is 0 Å². The molecular weight excluding hydrogens is 318 g/mol. The van der Waals surface area contributed by atoms with Crippen molar-refractivity contribution >= 4 is 24.8 Å². The van der Waals surface area contributed by atoms with Gasteiger partial charge in [-0.25, -0.2) is 0 Å². The second kappa shape index (κ2) is 6.76. The Morgan fingerprint density at radius 1 is 1.19 bits per heavy atom. The van der Waals surface area contributed by atoms with Crippen LogP contribution in [0.25, 0.3) is 0 Å². The molecule has 2 aliphatic carbocycles. The number of hydrogen-bond acceptors (Lipinski definition) is 0. The van der Waals surface area contributed by atoms with Gasteiger partial charge in [0.2, 0.25) is 0 Å². The molecule has 0 unspecified atom stereocenters. The number of hydrogen-bond donors (Lipinski definition) is 0. The van der Waals surface area contributed by atoms with Crippen molar-refractivity contribution in [3.05, 3.63) is 21.0 Å². The van der Waals surface area contributed by atoms with Gasteiger partial charge in [0.15, 0.2) is 0 Å². The maximum Gasteiger partial charge on any atom is -0.147 e. The van der Waals surface area contributed by atoms with E-state index in [4.69, 9.17) is 0 Å². The molecule has 1 saturated carbocycles. The molecule has 0 aromatic rings. The zero-order valence-electron chi connectivity index (χ0n) is 10.1. The zero-order chi connectivity index (χ0) is 10.2.